The van der Waals surface area contributed by atoms with E-state index in [1.165, 1.54) is 18.2 Å². The van der Waals surface area contributed by atoms with Crippen molar-refractivity contribution in [2.75, 3.05) is 11.9 Å². The average Bonchev–Trinajstić information content (AvgIpc) is 3.39. The first-order chi connectivity index (χ1) is 17.5. The molecule has 0 atom stereocenters. The summed E-state index contributed by atoms with van der Waals surface area (Å²) >= 11 is 0. The van der Waals surface area contributed by atoms with Gasteiger partial charge in [0.05, 0.1) is 28.0 Å². The number of aromatic nitrogens is 1. The molecule has 36 heavy (non-hydrogen) atoms. The molecule has 0 bridgehead atoms. The molecule has 9 heteroatoms. The van der Waals surface area contributed by atoms with Crippen LogP contribution in [0.2, 0.25) is 0 Å². The maximum Gasteiger partial charge on any atom is 0.339 e. The fourth-order valence-corrected chi connectivity index (χ4v) is 4.38. The molecule has 0 spiro atoms. The molecular weight excluding hydrogens is 462 g/mol. The van der Waals surface area contributed by atoms with Crippen LogP contribution in [0.4, 0.5) is 11.4 Å². The number of nitrogens with zero attached hydrogens (tertiary/aromatic N) is 2. The van der Waals surface area contributed by atoms with Crippen molar-refractivity contribution in [2.45, 2.75) is 19.3 Å². The van der Waals surface area contributed by atoms with Crippen molar-refractivity contribution in [3.8, 4) is 0 Å². The zero-order chi connectivity index (χ0) is 25.1. The molecule has 0 unspecified atom stereocenters. The van der Waals surface area contributed by atoms with E-state index in [0.29, 0.717) is 34.3 Å². The lowest BCUT2D eigenvalue weighted by Gasteiger charge is -2.22. The van der Waals surface area contributed by atoms with Crippen molar-refractivity contribution in [2.24, 2.45) is 0 Å². The molecule has 2 heterocycles. The number of hydrogen-bond donors (Lipinski definition) is 1. The first kappa shape index (κ1) is 23.0. The van der Waals surface area contributed by atoms with E-state index in [0.717, 1.165) is 24.0 Å². The van der Waals surface area contributed by atoms with Crippen LogP contribution in [-0.4, -0.2) is 28.4 Å². The number of furan rings is 1. The summed E-state index contributed by atoms with van der Waals surface area (Å²) in [6, 6.07) is 16.7. The van der Waals surface area contributed by atoms with Gasteiger partial charge in [0.15, 0.2) is 6.61 Å². The number of amides is 1. The minimum absolute atomic E-state index is 0.0306. The van der Waals surface area contributed by atoms with Crippen molar-refractivity contribution < 1.29 is 23.7 Å². The van der Waals surface area contributed by atoms with E-state index < -0.39 is 23.4 Å². The van der Waals surface area contributed by atoms with Crippen molar-refractivity contribution >= 4 is 45.8 Å². The first-order valence-corrected chi connectivity index (χ1v) is 11.4. The molecular formula is C27H21N3O6. The molecule has 1 aliphatic rings. The lowest BCUT2D eigenvalue weighted by molar-refractivity contribution is -0.383. The Bertz CT molecular complexity index is 1510. The molecule has 5 rings (SSSR count). The van der Waals surface area contributed by atoms with Gasteiger partial charge in [0.25, 0.3) is 11.6 Å². The number of esters is 1. The monoisotopic (exact) mass is 483 g/mol. The number of anilines is 1. The SMILES string of the molecule is O=C(COC(=O)c1c2c(nc3ccccc13)C(=Cc1ccco1)CCC2)Nc1ccccc1[N+](=O)[O-]. The lowest BCUT2D eigenvalue weighted by atomic mass is 9.86. The zero-order valence-corrected chi connectivity index (χ0v) is 19.1. The van der Waals surface area contributed by atoms with Gasteiger partial charge in [-0.05, 0) is 60.7 Å². The number of carbonyl (C=O) groups excluding carboxylic acids is 2. The summed E-state index contributed by atoms with van der Waals surface area (Å²) in [5.41, 5.74) is 3.24. The van der Waals surface area contributed by atoms with Gasteiger partial charge in [-0.15, -0.1) is 0 Å². The van der Waals surface area contributed by atoms with E-state index in [4.69, 9.17) is 14.1 Å². The molecule has 180 valence electrons. The van der Waals surface area contributed by atoms with Gasteiger partial charge >= 0.3 is 5.97 Å². The predicted molar refractivity (Wildman–Crippen MR) is 133 cm³/mol. The topological polar surface area (TPSA) is 125 Å². The van der Waals surface area contributed by atoms with Crippen LogP contribution < -0.4 is 5.32 Å². The Morgan fingerprint density at radius 2 is 1.89 bits per heavy atom. The summed E-state index contributed by atoms with van der Waals surface area (Å²) in [5.74, 6) is -0.631. The Labute approximate surface area is 205 Å². The predicted octanol–water partition coefficient (Wildman–Crippen LogP) is 5.41. The van der Waals surface area contributed by atoms with Crippen LogP contribution in [0, 0.1) is 10.1 Å². The molecule has 2 aromatic heterocycles. The van der Waals surface area contributed by atoms with Crippen LogP contribution in [0.5, 0.6) is 0 Å². The molecule has 9 nitrogen and oxygen atoms in total. The number of ether oxygens (including phenoxy) is 1. The second-order valence-corrected chi connectivity index (χ2v) is 8.27. The summed E-state index contributed by atoms with van der Waals surface area (Å²) in [6.45, 7) is -0.592. The molecule has 1 amide bonds. The number of nitro benzene ring substituents is 1. The van der Waals surface area contributed by atoms with Gasteiger partial charge < -0.3 is 14.5 Å². The van der Waals surface area contributed by atoms with Gasteiger partial charge in [-0.1, -0.05) is 30.3 Å². The smallest absolute Gasteiger partial charge is 0.339 e. The normalized spacial score (nSPS) is 13.8. The fraction of sp³-hybridized carbons (Fsp3) is 0.148. The number of rotatable bonds is 6. The molecule has 0 aliphatic heterocycles. The van der Waals surface area contributed by atoms with Crippen molar-refractivity contribution in [1.29, 1.82) is 0 Å². The van der Waals surface area contributed by atoms with E-state index in [1.54, 1.807) is 18.4 Å². The van der Waals surface area contributed by atoms with Crippen LogP contribution in [0.1, 0.15) is 40.2 Å². The maximum atomic E-state index is 13.3. The van der Waals surface area contributed by atoms with Crippen molar-refractivity contribution in [3.63, 3.8) is 0 Å². The van der Waals surface area contributed by atoms with E-state index in [9.17, 15) is 19.7 Å². The first-order valence-electron chi connectivity index (χ1n) is 11.4. The summed E-state index contributed by atoms with van der Waals surface area (Å²) in [6.07, 6.45) is 5.76. The van der Waals surface area contributed by atoms with Crippen LogP contribution in [-0.2, 0) is 16.0 Å². The minimum Gasteiger partial charge on any atom is -0.465 e. The number of nitrogens with one attached hydrogen (secondary N) is 1. The molecule has 1 N–H and O–H groups in total. The second kappa shape index (κ2) is 9.83. The summed E-state index contributed by atoms with van der Waals surface area (Å²) < 4.78 is 10.9. The van der Waals surface area contributed by atoms with Crippen molar-refractivity contribution in [3.05, 3.63) is 99.6 Å². The van der Waals surface area contributed by atoms with E-state index in [-0.39, 0.29) is 11.4 Å². The Morgan fingerprint density at radius 1 is 1.08 bits per heavy atom. The standard InChI is InChI=1S/C27H21N3O6/c31-24(28-22-12-3-4-13-23(22)30(33)34)16-36-27(32)25-19-9-1-2-11-21(19)29-26-17(7-5-10-20(25)26)15-18-8-6-14-35-18/h1-4,6,8-9,11-15H,5,7,10,16H2,(H,28,31). The number of carbonyl (C=O) groups is 2. The highest BCUT2D eigenvalue weighted by atomic mass is 16.6. The van der Waals surface area contributed by atoms with Gasteiger partial charge in [-0.3, -0.25) is 14.9 Å². The summed E-state index contributed by atoms with van der Waals surface area (Å²) in [7, 11) is 0. The fourth-order valence-electron chi connectivity index (χ4n) is 4.38. The lowest BCUT2D eigenvalue weighted by Crippen LogP contribution is -2.23. The van der Waals surface area contributed by atoms with Crippen LogP contribution in [0.3, 0.4) is 0 Å². The molecule has 0 saturated heterocycles. The number of hydrogen-bond acceptors (Lipinski definition) is 7. The van der Waals surface area contributed by atoms with E-state index in [1.807, 2.05) is 36.4 Å². The Balaban J connectivity index is 1.44. The third-order valence-corrected chi connectivity index (χ3v) is 5.94. The largest absolute Gasteiger partial charge is 0.465 e. The Kier molecular flexibility index (Phi) is 6.27. The molecule has 4 aromatic rings. The molecule has 1 aliphatic carbocycles. The van der Waals surface area contributed by atoms with Gasteiger partial charge in [-0.2, -0.15) is 0 Å². The van der Waals surface area contributed by atoms with E-state index in [2.05, 4.69) is 5.32 Å². The Hall–Kier alpha value is -4.79. The number of benzene rings is 2. The molecule has 2 aromatic carbocycles. The number of para-hydroxylation sites is 3. The zero-order valence-electron chi connectivity index (χ0n) is 19.1. The quantitative estimate of drug-likeness (QED) is 0.221. The van der Waals surface area contributed by atoms with Crippen LogP contribution in [0.15, 0.2) is 71.3 Å². The van der Waals surface area contributed by atoms with Crippen molar-refractivity contribution in [1.82, 2.24) is 4.98 Å². The minimum atomic E-state index is -0.678. The number of fused-ring (bicyclic) bond motifs is 2. The highest BCUT2D eigenvalue weighted by Crippen LogP contribution is 2.36. The third kappa shape index (κ3) is 4.58. The van der Waals surface area contributed by atoms with Gasteiger partial charge in [-0.25, -0.2) is 9.78 Å². The summed E-state index contributed by atoms with van der Waals surface area (Å²) in [5, 5.41) is 14.3. The molecule has 0 radical (unpaired) electrons. The highest BCUT2D eigenvalue weighted by molar-refractivity contribution is 6.07. The van der Waals surface area contributed by atoms with E-state index >= 15 is 0 Å². The van der Waals surface area contributed by atoms with Crippen LogP contribution >= 0.6 is 0 Å². The third-order valence-electron chi connectivity index (χ3n) is 5.94. The Morgan fingerprint density at radius 3 is 2.69 bits per heavy atom. The van der Waals surface area contributed by atoms with Crippen LogP contribution in [0.25, 0.3) is 22.6 Å². The second-order valence-electron chi connectivity index (χ2n) is 8.27. The average molecular weight is 483 g/mol. The van der Waals surface area contributed by atoms with Gasteiger partial charge in [0.2, 0.25) is 0 Å². The molecule has 0 fully saturated rings. The summed E-state index contributed by atoms with van der Waals surface area (Å²) in [4.78, 5) is 41.2. The number of pyridine rings is 1. The number of nitro groups is 1. The number of allylic oxidation sites excluding steroid dienone is 1. The van der Waals surface area contributed by atoms with Gasteiger partial charge in [0.1, 0.15) is 11.4 Å². The maximum absolute atomic E-state index is 13.3. The van der Waals surface area contributed by atoms with Gasteiger partial charge in [0, 0.05) is 11.5 Å². The highest BCUT2D eigenvalue weighted by Gasteiger charge is 2.27. The molecule has 0 saturated carbocycles.